The second kappa shape index (κ2) is 4.72. The van der Waals surface area contributed by atoms with Crippen molar-refractivity contribution in [3.05, 3.63) is 35.4 Å². The number of nitrogens with one attached hydrogen (secondary N) is 1. The predicted molar refractivity (Wildman–Crippen MR) is 52.1 cm³/mol. The van der Waals surface area contributed by atoms with Gasteiger partial charge in [-0.15, -0.1) is 10.0 Å². The van der Waals surface area contributed by atoms with Crippen LogP contribution < -0.4 is 11.3 Å². The average molecular weight is 196 g/mol. The highest BCUT2D eigenvalue weighted by Gasteiger charge is 2.14. The number of benzene rings is 1. The Bertz CT molecular complexity index is 310. The van der Waals surface area contributed by atoms with E-state index >= 15 is 0 Å². The molecule has 1 amide bonds. The monoisotopic (exact) mass is 196 g/mol. The number of nitrogens with two attached hydrogens (primary N) is 1. The van der Waals surface area contributed by atoms with Gasteiger partial charge in [0.25, 0.3) is 0 Å². The number of halogens is 1. The van der Waals surface area contributed by atoms with Crippen LogP contribution in [-0.2, 0) is 11.2 Å². The molecule has 0 aliphatic rings. The SMILES string of the molecule is Cc1ccc(C[C@H](NF)C(N)=O)cc1. The molecule has 1 atom stereocenters. The molecule has 4 heteroatoms. The van der Waals surface area contributed by atoms with Crippen LogP contribution in [0.15, 0.2) is 24.3 Å². The van der Waals surface area contributed by atoms with Crippen molar-refractivity contribution < 1.29 is 9.28 Å². The maximum absolute atomic E-state index is 12.1. The van der Waals surface area contributed by atoms with Crippen molar-refractivity contribution in [3.63, 3.8) is 0 Å². The molecule has 0 heterocycles. The molecule has 0 aliphatic carbocycles. The zero-order valence-corrected chi connectivity index (χ0v) is 7.96. The molecule has 1 aromatic rings. The van der Waals surface area contributed by atoms with Gasteiger partial charge in [-0.3, -0.25) is 4.79 Å². The van der Waals surface area contributed by atoms with Crippen molar-refractivity contribution in [2.24, 2.45) is 5.73 Å². The smallest absolute Gasteiger partial charge is 0.237 e. The van der Waals surface area contributed by atoms with Crippen LogP contribution in [0.5, 0.6) is 0 Å². The minimum atomic E-state index is -0.947. The Kier molecular flexibility index (Phi) is 3.59. The zero-order chi connectivity index (χ0) is 10.6. The Morgan fingerprint density at radius 2 is 2.07 bits per heavy atom. The van der Waals surface area contributed by atoms with E-state index in [4.69, 9.17) is 5.73 Å². The van der Waals surface area contributed by atoms with E-state index in [-0.39, 0.29) is 6.42 Å². The number of primary amides is 1. The largest absolute Gasteiger partial charge is 0.368 e. The Balaban J connectivity index is 2.67. The minimum absolute atomic E-state index is 0.270. The molecule has 0 radical (unpaired) electrons. The highest BCUT2D eigenvalue weighted by molar-refractivity contribution is 5.80. The summed E-state index contributed by atoms with van der Waals surface area (Å²) < 4.78 is 12.1. The molecule has 1 aromatic carbocycles. The number of aryl methyl sites for hydroxylation is 1. The van der Waals surface area contributed by atoms with Gasteiger partial charge in [-0.05, 0) is 18.9 Å². The number of hydrogen-bond donors (Lipinski definition) is 2. The Morgan fingerprint density at radius 3 is 2.50 bits per heavy atom. The number of amides is 1. The lowest BCUT2D eigenvalue weighted by molar-refractivity contribution is -0.121. The molecule has 0 aliphatic heterocycles. The fourth-order valence-electron chi connectivity index (χ4n) is 1.15. The summed E-state index contributed by atoms with van der Waals surface area (Å²) >= 11 is 0. The van der Waals surface area contributed by atoms with Crippen LogP contribution in [-0.4, -0.2) is 11.9 Å². The molecule has 0 saturated carbocycles. The first-order valence-electron chi connectivity index (χ1n) is 4.34. The van der Waals surface area contributed by atoms with Crippen molar-refractivity contribution in [1.82, 2.24) is 5.54 Å². The van der Waals surface area contributed by atoms with Crippen molar-refractivity contribution in [3.8, 4) is 0 Å². The standard InChI is InChI=1S/C10H13FN2O/c1-7-2-4-8(5-3-7)6-9(13-11)10(12)14/h2-5,9,13H,6H2,1H3,(H2,12,14)/t9-/m0/s1. The lowest BCUT2D eigenvalue weighted by Crippen LogP contribution is -2.38. The Morgan fingerprint density at radius 1 is 1.50 bits per heavy atom. The number of hydrogen-bond acceptors (Lipinski definition) is 2. The van der Waals surface area contributed by atoms with E-state index in [1.807, 2.05) is 31.2 Å². The van der Waals surface area contributed by atoms with Gasteiger partial charge < -0.3 is 5.73 Å². The summed E-state index contributed by atoms with van der Waals surface area (Å²) in [5.74, 6) is -0.687. The van der Waals surface area contributed by atoms with E-state index in [0.717, 1.165) is 11.1 Å². The van der Waals surface area contributed by atoms with Gasteiger partial charge in [0.2, 0.25) is 5.91 Å². The molecular weight excluding hydrogens is 183 g/mol. The van der Waals surface area contributed by atoms with E-state index in [1.165, 1.54) is 5.54 Å². The van der Waals surface area contributed by atoms with Crippen LogP contribution in [0.25, 0.3) is 0 Å². The van der Waals surface area contributed by atoms with Gasteiger partial charge in [-0.1, -0.05) is 29.8 Å². The number of carbonyl (C=O) groups is 1. The van der Waals surface area contributed by atoms with Gasteiger partial charge in [0.05, 0.1) is 0 Å². The molecule has 76 valence electrons. The van der Waals surface area contributed by atoms with Crippen LogP contribution in [0.1, 0.15) is 11.1 Å². The van der Waals surface area contributed by atoms with Crippen LogP contribution >= 0.6 is 0 Å². The van der Waals surface area contributed by atoms with Gasteiger partial charge in [-0.25, -0.2) is 0 Å². The molecule has 0 aromatic heterocycles. The first-order chi connectivity index (χ1) is 6.63. The van der Waals surface area contributed by atoms with Crippen LogP contribution in [0.2, 0.25) is 0 Å². The minimum Gasteiger partial charge on any atom is -0.368 e. The maximum atomic E-state index is 12.1. The molecule has 0 saturated heterocycles. The van der Waals surface area contributed by atoms with E-state index in [9.17, 15) is 9.28 Å². The molecule has 3 nitrogen and oxygen atoms in total. The molecule has 14 heavy (non-hydrogen) atoms. The lowest BCUT2D eigenvalue weighted by Gasteiger charge is -2.09. The summed E-state index contributed by atoms with van der Waals surface area (Å²) in [6.07, 6.45) is 0.270. The summed E-state index contributed by atoms with van der Waals surface area (Å²) in [6.45, 7) is 1.96. The molecule has 0 bridgehead atoms. The van der Waals surface area contributed by atoms with Crippen molar-refractivity contribution in [2.45, 2.75) is 19.4 Å². The summed E-state index contributed by atoms with van der Waals surface area (Å²) in [6, 6.07) is 6.57. The fraction of sp³-hybridized carbons (Fsp3) is 0.300. The summed E-state index contributed by atoms with van der Waals surface area (Å²) in [7, 11) is 0. The van der Waals surface area contributed by atoms with Crippen molar-refractivity contribution in [2.75, 3.05) is 0 Å². The van der Waals surface area contributed by atoms with Gasteiger partial charge in [0.1, 0.15) is 6.04 Å². The zero-order valence-electron chi connectivity index (χ0n) is 7.96. The molecular formula is C10H13FN2O. The first kappa shape index (κ1) is 10.7. The van der Waals surface area contributed by atoms with Crippen molar-refractivity contribution >= 4 is 5.91 Å². The van der Waals surface area contributed by atoms with Gasteiger partial charge in [-0.2, -0.15) is 0 Å². The van der Waals surface area contributed by atoms with E-state index in [2.05, 4.69) is 0 Å². The average Bonchev–Trinajstić information content (AvgIpc) is 2.16. The topological polar surface area (TPSA) is 55.1 Å². The molecule has 0 unspecified atom stereocenters. The predicted octanol–water partition coefficient (Wildman–Crippen LogP) is 0.866. The Hall–Kier alpha value is -1.42. The van der Waals surface area contributed by atoms with Crippen LogP contribution in [0.3, 0.4) is 0 Å². The normalized spacial score (nSPS) is 12.4. The highest BCUT2D eigenvalue weighted by Crippen LogP contribution is 2.06. The summed E-state index contributed by atoms with van der Waals surface area (Å²) in [5, 5.41) is 0. The fourth-order valence-corrected chi connectivity index (χ4v) is 1.15. The molecule has 3 N–H and O–H groups in total. The third-order valence-electron chi connectivity index (χ3n) is 2.04. The Labute approximate surface area is 82.0 Å². The van der Waals surface area contributed by atoms with E-state index in [1.54, 1.807) is 0 Å². The lowest BCUT2D eigenvalue weighted by atomic mass is 10.0. The third-order valence-corrected chi connectivity index (χ3v) is 2.04. The van der Waals surface area contributed by atoms with Crippen LogP contribution in [0, 0.1) is 6.92 Å². The highest BCUT2D eigenvalue weighted by atomic mass is 19.2. The third kappa shape index (κ3) is 2.81. The van der Waals surface area contributed by atoms with E-state index in [0.29, 0.717) is 0 Å². The van der Waals surface area contributed by atoms with Gasteiger partial charge in [0, 0.05) is 0 Å². The number of carbonyl (C=O) groups excluding carboxylic acids is 1. The van der Waals surface area contributed by atoms with Crippen molar-refractivity contribution in [1.29, 1.82) is 0 Å². The van der Waals surface area contributed by atoms with Crippen LogP contribution in [0.4, 0.5) is 4.48 Å². The summed E-state index contributed by atoms with van der Waals surface area (Å²) in [5.41, 5.74) is 8.38. The second-order valence-electron chi connectivity index (χ2n) is 3.25. The molecule has 1 rings (SSSR count). The first-order valence-corrected chi connectivity index (χ1v) is 4.34. The van der Waals surface area contributed by atoms with Gasteiger partial charge in [0.15, 0.2) is 0 Å². The molecule has 0 spiro atoms. The quantitative estimate of drug-likeness (QED) is 0.702. The molecule has 0 fully saturated rings. The van der Waals surface area contributed by atoms with Gasteiger partial charge >= 0.3 is 0 Å². The second-order valence-corrected chi connectivity index (χ2v) is 3.25. The maximum Gasteiger partial charge on any atom is 0.237 e. The summed E-state index contributed by atoms with van der Waals surface area (Å²) in [4.78, 5) is 10.7. The van der Waals surface area contributed by atoms with E-state index < -0.39 is 11.9 Å². The number of rotatable bonds is 4.